The molecule has 1 aromatic rings. The summed E-state index contributed by atoms with van der Waals surface area (Å²) in [4.78, 5) is 4.41. The third-order valence-electron chi connectivity index (χ3n) is 3.45. The molecular weight excluding hydrogens is 224 g/mol. The van der Waals surface area contributed by atoms with E-state index in [2.05, 4.69) is 24.1 Å². The number of rotatable bonds is 6. The van der Waals surface area contributed by atoms with Gasteiger partial charge in [0, 0.05) is 12.6 Å². The van der Waals surface area contributed by atoms with Crippen molar-refractivity contribution in [3.05, 3.63) is 24.0 Å². The summed E-state index contributed by atoms with van der Waals surface area (Å²) in [6, 6.07) is 4.56. The molecule has 0 amide bonds. The SMILES string of the molecule is CC(C)NCc1ccc(OCC2CCCC2)cn1. The fourth-order valence-electron chi connectivity index (χ4n) is 2.30. The van der Waals surface area contributed by atoms with E-state index in [-0.39, 0.29) is 0 Å². The zero-order valence-corrected chi connectivity index (χ0v) is 11.5. The molecule has 0 unspecified atom stereocenters. The minimum Gasteiger partial charge on any atom is -0.492 e. The zero-order chi connectivity index (χ0) is 12.8. The smallest absolute Gasteiger partial charge is 0.137 e. The van der Waals surface area contributed by atoms with Crippen LogP contribution in [0.15, 0.2) is 18.3 Å². The van der Waals surface area contributed by atoms with Crippen LogP contribution in [0.25, 0.3) is 0 Å². The van der Waals surface area contributed by atoms with Gasteiger partial charge in [-0.3, -0.25) is 4.98 Å². The van der Waals surface area contributed by atoms with Gasteiger partial charge in [-0.2, -0.15) is 0 Å². The Bertz CT molecular complexity index is 342. The highest BCUT2D eigenvalue weighted by Gasteiger charge is 2.15. The molecule has 1 saturated carbocycles. The summed E-state index contributed by atoms with van der Waals surface area (Å²) in [6.45, 7) is 5.95. The lowest BCUT2D eigenvalue weighted by Gasteiger charge is -2.12. The summed E-state index contributed by atoms with van der Waals surface area (Å²) in [5.41, 5.74) is 1.07. The van der Waals surface area contributed by atoms with Gasteiger partial charge in [-0.15, -0.1) is 0 Å². The number of hydrogen-bond acceptors (Lipinski definition) is 3. The predicted molar refractivity (Wildman–Crippen MR) is 73.7 cm³/mol. The van der Waals surface area contributed by atoms with E-state index >= 15 is 0 Å². The molecule has 1 heterocycles. The van der Waals surface area contributed by atoms with Crippen molar-refractivity contribution in [2.75, 3.05) is 6.61 Å². The van der Waals surface area contributed by atoms with Crippen LogP contribution in [-0.4, -0.2) is 17.6 Å². The molecule has 3 nitrogen and oxygen atoms in total. The lowest BCUT2D eigenvalue weighted by Crippen LogP contribution is -2.22. The Morgan fingerprint density at radius 3 is 2.72 bits per heavy atom. The van der Waals surface area contributed by atoms with E-state index in [1.807, 2.05) is 18.3 Å². The van der Waals surface area contributed by atoms with Crippen LogP contribution >= 0.6 is 0 Å². The van der Waals surface area contributed by atoms with E-state index in [0.717, 1.165) is 30.5 Å². The number of nitrogens with one attached hydrogen (secondary N) is 1. The molecule has 0 bridgehead atoms. The van der Waals surface area contributed by atoms with E-state index in [9.17, 15) is 0 Å². The van der Waals surface area contributed by atoms with Gasteiger partial charge in [0.15, 0.2) is 0 Å². The normalized spacial score (nSPS) is 16.4. The Morgan fingerprint density at radius 2 is 2.11 bits per heavy atom. The van der Waals surface area contributed by atoms with Crippen molar-refractivity contribution < 1.29 is 4.74 Å². The Labute approximate surface area is 110 Å². The standard InChI is InChI=1S/C15H24N2O/c1-12(2)16-9-14-7-8-15(10-17-14)18-11-13-5-3-4-6-13/h7-8,10,12-13,16H,3-6,9,11H2,1-2H3. The second-order valence-corrected chi connectivity index (χ2v) is 5.48. The van der Waals surface area contributed by atoms with Gasteiger partial charge in [0.1, 0.15) is 5.75 Å². The molecule has 1 aliphatic carbocycles. The molecule has 0 aliphatic heterocycles. The fourth-order valence-corrected chi connectivity index (χ4v) is 2.30. The summed E-state index contributed by atoms with van der Waals surface area (Å²) in [6.07, 6.45) is 7.22. The van der Waals surface area contributed by atoms with Crippen LogP contribution in [0.4, 0.5) is 0 Å². The van der Waals surface area contributed by atoms with Crippen LogP contribution in [0.2, 0.25) is 0 Å². The largest absolute Gasteiger partial charge is 0.492 e. The summed E-state index contributed by atoms with van der Waals surface area (Å²) in [5, 5.41) is 3.35. The van der Waals surface area contributed by atoms with Crippen LogP contribution in [-0.2, 0) is 6.54 Å². The summed E-state index contributed by atoms with van der Waals surface area (Å²) in [7, 11) is 0. The molecule has 18 heavy (non-hydrogen) atoms. The highest BCUT2D eigenvalue weighted by molar-refractivity contribution is 5.19. The third kappa shape index (κ3) is 4.30. The van der Waals surface area contributed by atoms with E-state index in [1.54, 1.807) is 0 Å². The van der Waals surface area contributed by atoms with Gasteiger partial charge in [0.05, 0.1) is 18.5 Å². The molecule has 100 valence electrons. The van der Waals surface area contributed by atoms with Crippen molar-refractivity contribution in [3.63, 3.8) is 0 Å². The Kier molecular flexibility index (Phi) is 5.00. The molecular formula is C15H24N2O. The monoisotopic (exact) mass is 248 g/mol. The second-order valence-electron chi connectivity index (χ2n) is 5.48. The minimum absolute atomic E-state index is 0.491. The Balaban J connectivity index is 1.76. The maximum atomic E-state index is 5.79. The van der Waals surface area contributed by atoms with Gasteiger partial charge >= 0.3 is 0 Å². The lowest BCUT2D eigenvalue weighted by atomic mass is 10.1. The van der Waals surface area contributed by atoms with Crippen LogP contribution in [0, 0.1) is 5.92 Å². The van der Waals surface area contributed by atoms with Crippen molar-refractivity contribution in [1.82, 2.24) is 10.3 Å². The van der Waals surface area contributed by atoms with Crippen molar-refractivity contribution in [1.29, 1.82) is 0 Å². The van der Waals surface area contributed by atoms with Crippen molar-refractivity contribution in [2.24, 2.45) is 5.92 Å². The van der Waals surface area contributed by atoms with E-state index in [0.29, 0.717) is 6.04 Å². The first kappa shape index (κ1) is 13.3. The van der Waals surface area contributed by atoms with Gasteiger partial charge < -0.3 is 10.1 Å². The Morgan fingerprint density at radius 1 is 1.33 bits per heavy atom. The number of nitrogens with zero attached hydrogens (tertiary/aromatic N) is 1. The first-order valence-corrected chi connectivity index (χ1v) is 7.05. The molecule has 3 heteroatoms. The van der Waals surface area contributed by atoms with Gasteiger partial charge in [0.25, 0.3) is 0 Å². The third-order valence-corrected chi connectivity index (χ3v) is 3.45. The van der Waals surface area contributed by atoms with Crippen molar-refractivity contribution >= 4 is 0 Å². The molecule has 2 rings (SSSR count). The highest BCUT2D eigenvalue weighted by atomic mass is 16.5. The van der Waals surface area contributed by atoms with E-state index < -0.39 is 0 Å². The topological polar surface area (TPSA) is 34.1 Å². The molecule has 1 aliphatic rings. The molecule has 0 spiro atoms. The second kappa shape index (κ2) is 6.74. The highest BCUT2D eigenvalue weighted by Crippen LogP contribution is 2.25. The molecule has 0 aromatic carbocycles. The molecule has 0 saturated heterocycles. The average molecular weight is 248 g/mol. The number of aromatic nitrogens is 1. The maximum absolute atomic E-state index is 5.79. The summed E-state index contributed by atoms with van der Waals surface area (Å²) in [5.74, 6) is 1.66. The number of hydrogen-bond donors (Lipinski definition) is 1. The Hall–Kier alpha value is -1.09. The molecule has 0 atom stereocenters. The zero-order valence-electron chi connectivity index (χ0n) is 11.5. The quantitative estimate of drug-likeness (QED) is 0.839. The molecule has 1 aromatic heterocycles. The van der Waals surface area contributed by atoms with Crippen LogP contribution in [0.1, 0.15) is 45.2 Å². The molecule has 0 radical (unpaired) electrons. The summed E-state index contributed by atoms with van der Waals surface area (Å²) < 4.78 is 5.79. The van der Waals surface area contributed by atoms with Crippen LogP contribution in [0.5, 0.6) is 5.75 Å². The first-order chi connectivity index (χ1) is 8.74. The van der Waals surface area contributed by atoms with E-state index in [1.165, 1.54) is 25.7 Å². The summed E-state index contributed by atoms with van der Waals surface area (Å²) >= 11 is 0. The predicted octanol–water partition coefficient (Wildman–Crippen LogP) is 3.15. The minimum atomic E-state index is 0.491. The van der Waals surface area contributed by atoms with Gasteiger partial charge in [-0.25, -0.2) is 0 Å². The van der Waals surface area contributed by atoms with Crippen molar-refractivity contribution in [3.8, 4) is 5.75 Å². The van der Waals surface area contributed by atoms with Gasteiger partial charge in [0.2, 0.25) is 0 Å². The molecule has 1 N–H and O–H groups in total. The van der Waals surface area contributed by atoms with Crippen LogP contribution in [0.3, 0.4) is 0 Å². The molecule has 1 fully saturated rings. The first-order valence-electron chi connectivity index (χ1n) is 7.05. The number of pyridine rings is 1. The van der Waals surface area contributed by atoms with Crippen molar-refractivity contribution in [2.45, 2.75) is 52.1 Å². The average Bonchev–Trinajstić information content (AvgIpc) is 2.88. The maximum Gasteiger partial charge on any atom is 0.137 e. The lowest BCUT2D eigenvalue weighted by molar-refractivity contribution is 0.251. The number of ether oxygens (including phenoxy) is 1. The fraction of sp³-hybridized carbons (Fsp3) is 0.667. The van der Waals surface area contributed by atoms with Gasteiger partial charge in [-0.1, -0.05) is 26.7 Å². The van der Waals surface area contributed by atoms with Crippen LogP contribution < -0.4 is 10.1 Å². The van der Waals surface area contributed by atoms with E-state index in [4.69, 9.17) is 4.74 Å². The van der Waals surface area contributed by atoms with Gasteiger partial charge in [-0.05, 0) is 30.9 Å².